The van der Waals surface area contributed by atoms with E-state index in [1.807, 2.05) is 12.1 Å². The minimum atomic E-state index is 0.322. The van der Waals surface area contributed by atoms with Gasteiger partial charge in [-0.2, -0.15) is 10.2 Å². The van der Waals surface area contributed by atoms with Gasteiger partial charge in [-0.25, -0.2) is 0 Å². The van der Waals surface area contributed by atoms with E-state index in [-0.39, 0.29) is 0 Å². The van der Waals surface area contributed by atoms with Gasteiger partial charge in [0, 0.05) is 19.3 Å². The molecule has 0 aromatic carbocycles. The molecule has 1 aromatic rings. The Bertz CT molecular complexity index is 238. The van der Waals surface area contributed by atoms with Crippen molar-refractivity contribution in [3.05, 3.63) is 24.0 Å². The molecule has 1 heterocycles. The van der Waals surface area contributed by atoms with Crippen LogP contribution in [0.4, 0.5) is 0 Å². The lowest BCUT2D eigenvalue weighted by Crippen LogP contribution is -2.26. The first kappa shape index (κ1) is 10.1. The molecule has 0 atom stereocenters. The van der Waals surface area contributed by atoms with Crippen molar-refractivity contribution >= 4 is 0 Å². The first-order valence-corrected chi connectivity index (χ1v) is 4.55. The van der Waals surface area contributed by atoms with Crippen LogP contribution in [-0.2, 0) is 6.54 Å². The predicted molar refractivity (Wildman–Crippen MR) is 53.2 cm³/mol. The highest BCUT2D eigenvalue weighted by atomic mass is 15.1. The average molecular weight is 179 g/mol. The van der Waals surface area contributed by atoms with E-state index in [1.54, 1.807) is 6.20 Å². The minimum absolute atomic E-state index is 0.322. The zero-order valence-corrected chi connectivity index (χ0v) is 8.54. The van der Waals surface area contributed by atoms with Gasteiger partial charge in [-0.3, -0.25) is 0 Å². The van der Waals surface area contributed by atoms with Crippen LogP contribution in [0.5, 0.6) is 0 Å². The van der Waals surface area contributed by atoms with Crippen molar-refractivity contribution in [3.63, 3.8) is 0 Å². The second-order valence-corrected chi connectivity index (χ2v) is 4.38. The number of nitrogens with one attached hydrogen (secondary N) is 1. The van der Waals surface area contributed by atoms with E-state index >= 15 is 0 Å². The molecule has 1 rings (SSSR count). The molecule has 0 saturated carbocycles. The molecule has 0 fully saturated rings. The molecule has 0 aliphatic rings. The third-order valence-corrected chi connectivity index (χ3v) is 1.59. The van der Waals surface area contributed by atoms with Gasteiger partial charge in [0.1, 0.15) is 0 Å². The van der Waals surface area contributed by atoms with Gasteiger partial charge in [-0.15, -0.1) is 0 Å². The van der Waals surface area contributed by atoms with Crippen molar-refractivity contribution in [1.82, 2.24) is 15.5 Å². The van der Waals surface area contributed by atoms with E-state index < -0.39 is 0 Å². The fraction of sp³-hybridized carbons (Fsp3) is 0.600. The molecule has 0 aliphatic carbocycles. The van der Waals surface area contributed by atoms with Crippen molar-refractivity contribution in [1.29, 1.82) is 0 Å². The van der Waals surface area contributed by atoms with Crippen molar-refractivity contribution in [2.75, 3.05) is 6.54 Å². The summed E-state index contributed by atoms with van der Waals surface area (Å²) in [6.07, 6.45) is 1.69. The third kappa shape index (κ3) is 4.58. The maximum atomic E-state index is 3.99. The SMILES string of the molecule is CC(C)(C)CNCc1cccnn1. The van der Waals surface area contributed by atoms with Gasteiger partial charge >= 0.3 is 0 Å². The zero-order chi connectivity index (χ0) is 9.73. The molecule has 3 nitrogen and oxygen atoms in total. The largest absolute Gasteiger partial charge is 0.311 e. The fourth-order valence-electron chi connectivity index (χ4n) is 0.993. The molecule has 0 radical (unpaired) electrons. The molecule has 72 valence electrons. The topological polar surface area (TPSA) is 37.8 Å². The number of hydrogen-bond acceptors (Lipinski definition) is 3. The number of rotatable bonds is 3. The molecular weight excluding hydrogens is 162 g/mol. The van der Waals surface area contributed by atoms with Crippen LogP contribution in [0.3, 0.4) is 0 Å². The molecule has 0 amide bonds. The Balaban J connectivity index is 2.29. The van der Waals surface area contributed by atoms with Crippen molar-refractivity contribution in [3.8, 4) is 0 Å². The highest BCUT2D eigenvalue weighted by Gasteiger charge is 2.08. The Morgan fingerprint density at radius 2 is 2.15 bits per heavy atom. The van der Waals surface area contributed by atoms with Crippen LogP contribution < -0.4 is 5.32 Å². The summed E-state index contributed by atoms with van der Waals surface area (Å²) in [4.78, 5) is 0. The van der Waals surface area contributed by atoms with Crippen molar-refractivity contribution in [2.45, 2.75) is 27.3 Å². The minimum Gasteiger partial charge on any atom is -0.311 e. The Kier molecular flexibility index (Phi) is 3.37. The molecule has 1 aromatic heterocycles. The van der Waals surface area contributed by atoms with Crippen LogP contribution in [-0.4, -0.2) is 16.7 Å². The molecule has 3 heteroatoms. The third-order valence-electron chi connectivity index (χ3n) is 1.59. The Hall–Kier alpha value is -0.960. The monoisotopic (exact) mass is 179 g/mol. The quantitative estimate of drug-likeness (QED) is 0.766. The van der Waals surface area contributed by atoms with Gasteiger partial charge in [0.05, 0.1) is 5.69 Å². The number of nitrogens with zero attached hydrogens (tertiary/aromatic N) is 2. The second kappa shape index (κ2) is 4.33. The smallest absolute Gasteiger partial charge is 0.0768 e. The van der Waals surface area contributed by atoms with Gasteiger partial charge in [0.25, 0.3) is 0 Å². The summed E-state index contributed by atoms with van der Waals surface area (Å²) < 4.78 is 0. The van der Waals surface area contributed by atoms with Gasteiger partial charge in [-0.05, 0) is 17.5 Å². The highest BCUT2D eigenvalue weighted by molar-refractivity contribution is 4.98. The first-order valence-electron chi connectivity index (χ1n) is 4.55. The van der Waals surface area contributed by atoms with Gasteiger partial charge < -0.3 is 5.32 Å². The Morgan fingerprint density at radius 3 is 2.69 bits per heavy atom. The summed E-state index contributed by atoms with van der Waals surface area (Å²) >= 11 is 0. The summed E-state index contributed by atoms with van der Waals surface area (Å²) in [6.45, 7) is 8.40. The van der Waals surface area contributed by atoms with Crippen LogP contribution in [0.15, 0.2) is 18.3 Å². The lowest BCUT2D eigenvalue weighted by atomic mass is 9.97. The Labute approximate surface area is 79.6 Å². The highest BCUT2D eigenvalue weighted by Crippen LogP contribution is 2.10. The molecule has 0 bridgehead atoms. The molecule has 0 spiro atoms. The molecule has 1 N–H and O–H groups in total. The maximum absolute atomic E-state index is 3.99. The first-order chi connectivity index (χ1) is 6.08. The normalized spacial score (nSPS) is 11.6. The maximum Gasteiger partial charge on any atom is 0.0768 e. The van der Waals surface area contributed by atoms with Crippen LogP contribution in [0.25, 0.3) is 0 Å². The summed E-state index contributed by atoms with van der Waals surface area (Å²) in [6, 6.07) is 3.88. The van der Waals surface area contributed by atoms with Crippen LogP contribution >= 0.6 is 0 Å². The van der Waals surface area contributed by atoms with Gasteiger partial charge in [0.2, 0.25) is 0 Å². The predicted octanol–water partition coefficient (Wildman–Crippen LogP) is 1.61. The van der Waals surface area contributed by atoms with E-state index in [2.05, 4.69) is 36.3 Å². The standard InChI is InChI=1S/C10H17N3/c1-10(2,3)8-11-7-9-5-4-6-12-13-9/h4-6,11H,7-8H2,1-3H3. The van der Waals surface area contributed by atoms with Crippen molar-refractivity contribution < 1.29 is 0 Å². The molecule has 0 aliphatic heterocycles. The Morgan fingerprint density at radius 1 is 1.38 bits per heavy atom. The lowest BCUT2D eigenvalue weighted by molar-refractivity contribution is 0.378. The number of aromatic nitrogens is 2. The van der Waals surface area contributed by atoms with E-state index in [1.165, 1.54) is 0 Å². The van der Waals surface area contributed by atoms with E-state index in [0.717, 1.165) is 18.8 Å². The van der Waals surface area contributed by atoms with E-state index in [0.29, 0.717) is 5.41 Å². The fourth-order valence-corrected chi connectivity index (χ4v) is 0.993. The van der Waals surface area contributed by atoms with E-state index in [4.69, 9.17) is 0 Å². The number of hydrogen-bond donors (Lipinski definition) is 1. The summed E-state index contributed by atoms with van der Waals surface area (Å²) in [5.41, 5.74) is 1.31. The van der Waals surface area contributed by atoms with Crippen molar-refractivity contribution in [2.24, 2.45) is 5.41 Å². The lowest BCUT2D eigenvalue weighted by Gasteiger charge is -2.18. The van der Waals surface area contributed by atoms with E-state index in [9.17, 15) is 0 Å². The van der Waals surface area contributed by atoms with Crippen LogP contribution in [0, 0.1) is 5.41 Å². The molecule has 13 heavy (non-hydrogen) atoms. The summed E-state index contributed by atoms with van der Waals surface area (Å²) in [5.74, 6) is 0. The molecular formula is C10H17N3. The molecule has 0 unspecified atom stereocenters. The van der Waals surface area contributed by atoms with Crippen LogP contribution in [0.2, 0.25) is 0 Å². The van der Waals surface area contributed by atoms with Crippen LogP contribution in [0.1, 0.15) is 26.5 Å². The summed E-state index contributed by atoms with van der Waals surface area (Å²) in [7, 11) is 0. The average Bonchev–Trinajstić information content (AvgIpc) is 2.04. The van der Waals surface area contributed by atoms with Gasteiger partial charge in [0.15, 0.2) is 0 Å². The zero-order valence-electron chi connectivity index (χ0n) is 8.54. The summed E-state index contributed by atoms with van der Waals surface area (Å²) in [5, 5.41) is 11.1. The molecule has 0 saturated heterocycles. The van der Waals surface area contributed by atoms with Gasteiger partial charge in [-0.1, -0.05) is 20.8 Å². The second-order valence-electron chi connectivity index (χ2n) is 4.38.